The number of carbonyl (C=O) groups is 2. The largest absolute Gasteiger partial charge is 0.497 e. The fourth-order valence-corrected chi connectivity index (χ4v) is 2.99. The number of nitrogens with one attached hydrogen (secondary N) is 1. The summed E-state index contributed by atoms with van der Waals surface area (Å²) in [5.74, 6) is 1.98. The van der Waals surface area contributed by atoms with E-state index in [1.807, 2.05) is 55.5 Å². The first-order valence-electron chi connectivity index (χ1n) is 9.13. The van der Waals surface area contributed by atoms with Gasteiger partial charge in [-0.05, 0) is 48.4 Å². The lowest BCUT2D eigenvalue weighted by Gasteiger charge is -2.12. The molecular formula is C21H24N2O4. The van der Waals surface area contributed by atoms with Crippen molar-refractivity contribution in [1.82, 2.24) is 10.2 Å². The molecule has 0 bridgehead atoms. The van der Waals surface area contributed by atoms with E-state index in [0.717, 1.165) is 24.2 Å². The minimum Gasteiger partial charge on any atom is -0.497 e. The zero-order valence-corrected chi connectivity index (χ0v) is 15.6. The van der Waals surface area contributed by atoms with Crippen molar-refractivity contribution in [2.45, 2.75) is 32.2 Å². The van der Waals surface area contributed by atoms with E-state index in [4.69, 9.17) is 9.47 Å². The van der Waals surface area contributed by atoms with E-state index in [-0.39, 0.29) is 11.9 Å². The standard InChI is InChI=1S/C21H24N2O4/c1-3-4-12-23-20(24)19(22-21(23)25)14-15-6-5-7-18(13-15)27-17-10-8-16(26-2)9-11-17/h5-11,13,19H,3-4,12,14H2,1-2H3,(H,22,25). The number of hydrogen-bond acceptors (Lipinski definition) is 4. The van der Waals surface area contributed by atoms with Gasteiger partial charge in [0.1, 0.15) is 23.3 Å². The Kier molecular flexibility index (Phi) is 5.96. The Bertz CT molecular complexity index is 804. The number of nitrogens with zero attached hydrogens (tertiary/aromatic N) is 1. The van der Waals surface area contributed by atoms with Crippen LogP contribution in [0.25, 0.3) is 0 Å². The summed E-state index contributed by atoms with van der Waals surface area (Å²) in [6.07, 6.45) is 2.19. The van der Waals surface area contributed by atoms with Crippen molar-refractivity contribution < 1.29 is 19.1 Å². The highest BCUT2D eigenvalue weighted by Gasteiger charge is 2.37. The summed E-state index contributed by atoms with van der Waals surface area (Å²) >= 11 is 0. The molecular weight excluding hydrogens is 344 g/mol. The molecule has 1 saturated heterocycles. The highest BCUT2D eigenvalue weighted by Crippen LogP contribution is 2.25. The van der Waals surface area contributed by atoms with E-state index < -0.39 is 6.04 Å². The number of hydrogen-bond donors (Lipinski definition) is 1. The fraction of sp³-hybridized carbons (Fsp3) is 0.333. The van der Waals surface area contributed by atoms with Crippen LogP contribution < -0.4 is 14.8 Å². The molecule has 27 heavy (non-hydrogen) atoms. The number of imide groups is 1. The first-order valence-corrected chi connectivity index (χ1v) is 9.13. The Labute approximate surface area is 159 Å². The molecule has 0 saturated carbocycles. The van der Waals surface area contributed by atoms with Crippen molar-refractivity contribution in [3.63, 3.8) is 0 Å². The van der Waals surface area contributed by atoms with Gasteiger partial charge < -0.3 is 14.8 Å². The van der Waals surface area contributed by atoms with Crippen LogP contribution in [-0.2, 0) is 11.2 Å². The van der Waals surface area contributed by atoms with E-state index in [1.54, 1.807) is 7.11 Å². The topological polar surface area (TPSA) is 67.9 Å². The molecule has 0 aromatic heterocycles. The minimum atomic E-state index is -0.523. The lowest BCUT2D eigenvalue weighted by molar-refractivity contribution is -0.127. The number of unbranched alkanes of at least 4 members (excludes halogenated alkanes) is 1. The van der Waals surface area contributed by atoms with Crippen LogP contribution >= 0.6 is 0 Å². The number of methoxy groups -OCH3 is 1. The summed E-state index contributed by atoms with van der Waals surface area (Å²) < 4.78 is 11.0. The Morgan fingerprint density at radius 3 is 2.48 bits per heavy atom. The molecule has 2 aromatic carbocycles. The summed E-state index contributed by atoms with van der Waals surface area (Å²) in [5, 5.41) is 2.78. The van der Waals surface area contributed by atoms with Gasteiger partial charge in [-0.2, -0.15) is 0 Å². The molecule has 0 aliphatic carbocycles. The van der Waals surface area contributed by atoms with Crippen LogP contribution in [0.4, 0.5) is 4.79 Å². The number of amides is 3. The Balaban J connectivity index is 1.65. The van der Waals surface area contributed by atoms with E-state index in [2.05, 4.69) is 5.32 Å². The van der Waals surface area contributed by atoms with Gasteiger partial charge in [0.2, 0.25) is 0 Å². The molecule has 1 aliphatic rings. The molecule has 6 heteroatoms. The fourth-order valence-electron chi connectivity index (χ4n) is 2.99. The van der Waals surface area contributed by atoms with Crippen molar-refractivity contribution in [1.29, 1.82) is 0 Å². The molecule has 1 aliphatic heterocycles. The van der Waals surface area contributed by atoms with Gasteiger partial charge in [-0.15, -0.1) is 0 Å². The predicted molar refractivity (Wildman–Crippen MR) is 102 cm³/mol. The number of benzene rings is 2. The number of carbonyl (C=O) groups excluding carboxylic acids is 2. The molecule has 3 rings (SSSR count). The van der Waals surface area contributed by atoms with Gasteiger partial charge in [0.05, 0.1) is 7.11 Å². The zero-order chi connectivity index (χ0) is 19.2. The van der Waals surface area contributed by atoms with E-state index >= 15 is 0 Å². The second kappa shape index (κ2) is 8.58. The molecule has 1 heterocycles. The second-order valence-electron chi connectivity index (χ2n) is 6.47. The Morgan fingerprint density at radius 1 is 1.04 bits per heavy atom. The molecule has 1 atom stereocenters. The molecule has 2 aromatic rings. The van der Waals surface area contributed by atoms with Crippen LogP contribution in [0.2, 0.25) is 0 Å². The first-order chi connectivity index (χ1) is 13.1. The first kappa shape index (κ1) is 18.8. The molecule has 1 unspecified atom stereocenters. The van der Waals surface area contributed by atoms with Crippen LogP contribution in [0.5, 0.6) is 17.2 Å². The van der Waals surface area contributed by atoms with Crippen molar-refractivity contribution in [2.24, 2.45) is 0 Å². The summed E-state index contributed by atoms with van der Waals surface area (Å²) in [6, 6.07) is 14.0. The third kappa shape index (κ3) is 4.58. The molecule has 6 nitrogen and oxygen atoms in total. The predicted octanol–water partition coefficient (Wildman–Crippen LogP) is 3.75. The van der Waals surface area contributed by atoms with E-state index in [9.17, 15) is 9.59 Å². The van der Waals surface area contributed by atoms with Gasteiger partial charge in [-0.25, -0.2) is 4.79 Å². The summed E-state index contributed by atoms with van der Waals surface area (Å²) in [4.78, 5) is 25.8. The lowest BCUT2D eigenvalue weighted by Crippen LogP contribution is -2.33. The SMILES string of the molecule is CCCCN1C(=O)NC(Cc2cccc(Oc3ccc(OC)cc3)c2)C1=O. The number of urea groups is 1. The van der Waals surface area contributed by atoms with Crippen molar-refractivity contribution in [2.75, 3.05) is 13.7 Å². The van der Waals surface area contributed by atoms with Crippen molar-refractivity contribution >= 4 is 11.9 Å². The quantitative estimate of drug-likeness (QED) is 0.721. The lowest BCUT2D eigenvalue weighted by atomic mass is 10.1. The summed E-state index contributed by atoms with van der Waals surface area (Å²) in [5.41, 5.74) is 0.928. The number of ether oxygens (including phenoxy) is 2. The third-order valence-electron chi connectivity index (χ3n) is 4.48. The molecule has 1 fully saturated rings. The molecule has 3 amide bonds. The third-order valence-corrected chi connectivity index (χ3v) is 4.48. The second-order valence-corrected chi connectivity index (χ2v) is 6.47. The normalized spacial score (nSPS) is 16.4. The Morgan fingerprint density at radius 2 is 1.78 bits per heavy atom. The van der Waals surface area contributed by atoms with Crippen LogP contribution in [-0.4, -0.2) is 36.5 Å². The zero-order valence-electron chi connectivity index (χ0n) is 15.6. The average Bonchev–Trinajstić information content (AvgIpc) is 2.94. The van der Waals surface area contributed by atoms with Crippen molar-refractivity contribution in [3.05, 3.63) is 54.1 Å². The molecule has 142 valence electrons. The van der Waals surface area contributed by atoms with Crippen LogP contribution in [0.1, 0.15) is 25.3 Å². The monoisotopic (exact) mass is 368 g/mol. The number of rotatable bonds is 8. The van der Waals surface area contributed by atoms with Gasteiger partial charge in [0.25, 0.3) is 5.91 Å². The summed E-state index contributed by atoms with van der Waals surface area (Å²) in [7, 11) is 1.62. The smallest absolute Gasteiger partial charge is 0.324 e. The minimum absolute atomic E-state index is 0.157. The average molecular weight is 368 g/mol. The molecule has 0 spiro atoms. The molecule has 0 radical (unpaired) electrons. The highest BCUT2D eigenvalue weighted by atomic mass is 16.5. The van der Waals surface area contributed by atoms with E-state index in [0.29, 0.717) is 24.5 Å². The van der Waals surface area contributed by atoms with Crippen molar-refractivity contribution in [3.8, 4) is 17.2 Å². The highest BCUT2D eigenvalue weighted by molar-refractivity contribution is 6.04. The maximum atomic E-state index is 12.5. The van der Waals surface area contributed by atoms with Gasteiger partial charge in [0, 0.05) is 13.0 Å². The molecule has 1 N–H and O–H groups in total. The van der Waals surface area contributed by atoms with Gasteiger partial charge >= 0.3 is 6.03 Å². The van der Waals surface area contributed by atoms with Gasteiger partial charge in [-0.1, -0.05) is 25.5 Å². The van der Waals surface area contributed by atoms with Gasteiger partial charge in [-0.3, -0.25) is 9.69 Å². The van der Waals surface area contributed by atoms with Crippen LogP contribution in [0.3, 0.4) is 0 Å². The van der Waals surface area contributed by atoms with E-state index in [1.165, 1.54) is 4.90 Å². The maximum Gasteiger partial charge on any atom is 0.324 e. The maximum absolute atomic E-state index is 12.5. The van der Waals surface area contributed by atoms with Gasteiger partial charge in [0.15, 0.2) is 0 Å². The van der Waals surface area contributed by atoms with Crippen LogP contribution in [0, 0.1) is 0 Å². The summed E-state index contributed by atoms with van der Waals surface area (Å²) in [6.45, 7) is 2.50. The van der Waals surface area contributed by atoms with Crippen LogP contribution in [0.15, 0.2) is 48.5 Å². The Hall–Kier alpha value is -3.02.